The number of nitrogens with zero attached hydrogens (tertiary/aromatic N) is 2. The molecule has 7 heteroatoms. The standard InChI is InChI=1S/C17H19N3O2S2/c1-3-15(16-6-4-11-23-16)19-24(21,22)17-12-14(8-7-13(17)2)20-10-5-9-18-20/h4-12,15,19H,3H2,1-2H3/t15-/m1/s1. The van der Waals surface area contributed by atoms with Gasteiger partial charge in [-0.05, 0) is 48.6 Å². The molecule has 0 spiro atoms. The third kappa shape index (κ3) is 3.43. The van der Waals surface area contributed by atoms with Gasteiger partial charge in [-0.15, -0.1) is 11.3 Å². The minimum Gasteiger partial charge on any atom is -0.241 e. The first-order valence-electron chi connectivity index (χ1n) is 7.67. The van der Waals surface area contributed by atoms with Gasteiger partial charge in [0.1, 0.15) is 0 Å². The molecule has 3 aromatic rings. The molecule has 0 fully saturated rings. The fourth-order valence-electron chi connectivity index (χ4n) is 2.53. The van der Waals surface area contributed by atoms with E-state index >= 15 is 0 Å². The van der Waals surface area contributed by atoms with Crippen LogP contribution in [-0.4, -0.2) is 18.2 Å². The lowest BCUT2D eigenvalue weighted by molar-refractivity contribution is 0.552. The van der Waals surface area contributed by atoms with Crippen LogP contribution in [0.3, 0.4) is 0 Å². The van der Waals surface area contributed by atoms with E-state index in [2.05, 4.69) is 9.82 Å². The third-order valence-electron chi connectivity index (χ3n) is 3.82. The summed E-state index contributed by atoms with van der Waals surface area (Å²) in [5.74, 6) is 0. The van der Waals surface area contributed by atoms with Crippen molar-refractivity contribution in [3.8, 4) is 5.69 Å². The monoisotopic (exact) mass is 361 g/mol. The van der Waals surface area contributed by atoms with Crippen LogP contribution in [0.5, 0.6) is 0 Å². The molecule has 24 heavy (non-hydrogen) atoms. The van der Waals surface area contributed by atoms with Gasteiger partial charge >= 0.3 is 0 Å². The fraction of sp³-hybridized carbons (Fsp3) is 0.235. The minimum absolute atomic E-state index is 0.220. The summed E-state index contributed by atoms with van der Waals surface area (Å²) in [5, 5.41) is 6.11. The van der Waals surface area contributed by atoms with Crippen LogP contribution >= 0.6 is 11.3 Å². The Hall–Kier alpha value is -1.96. The van der Waals surface area contributed by atoms with Gasteiger partial charge in [0, 0.05) is 17.3 Å². The summed E-state index contributed by atoms with van der Waals surface area (Å²) in [6, 6.07) is 10.8. The average Bonchev–Trinajstić information content (AvgIpc) is 3.26. The van der Waals surface area contributed by atoms with Crippen molar-refractivity contribution >= 4 is 21.4 Å². The number of nitrogens with one attached hydrogen (secondary N) is 1. The zero-order valence-corrected chi connectivity index (χ0v) is 15.1. The van der Waals surface area contributed by atoms with Crippen LogP contribution in [0, 0.1) is 6.92 Å². The van der Waals surface area contributed by atoms with Gasteiger partial charge in [-0.3, -0.25) is 0 Å². The summed E-state index contributed by atoms with van der Waals surface area (Å²) in [6.07, 6.45) is 4.14. The van der Waals surface area contributed by atoms with Gasteiger partial charge in [0.05, 0.1) is 16.6 Å². The van der Waals surface area contributed by atoms with E-state index in [1.165, 1.54) is 0 Å². The summed E-state index contributed by atoms with van der Waals surface area (Å²) in [6.45, 7) is 3.77. The number of aryl methyl sites for hydroxylation is 1. The van der Waals surface area contributed by atoms with Crippen LogP contribution in [0.2, 0.25) is 0 Å². The van der Waals surface area contributed by atoms with Crippen molar-refractivity contribution in [2.24, 2.45) is 0 Å². The maximum Gasteiger partial charge on any atom is 0.241 e. The molecule has 0 aliphatic heterocycles. The van der Waals surface area contributed by atoms with Crippen molar-refractivity contribution in [3.05, 3.63) is 64.6 Å². The molecule has 0 saturated heterocycles. The molecule has 0 aliphatic rings. The lowest BCUT2D eigenvalue weighted by Crippen LogP contribution is -2.28. The van der Waals surface area contributed by atoms with E-state index in [9.17, 15) is 8.42 Å². The van der Waals surface area contributed by atoms with Gasteiger partial charge in [-0.2, -0.15) is 5.10 Å². The first-order valence-corrected chi connectivity index (χ1v) is 10.0. The molecular formula is C17H19N3O2S2. The number of hydrogen-bond acceptors (Lipinski definition) is 4. The van der Waals surface area contributed by atoms with Crippen molar-refractivity contribution in [1.82, 2.24) is 14.5 Å². The van der Waals surface area contributed by atoms with Crippen molar-refractivity contribution in [2.75, 3.05) is 0 Å². The molecule has 2 heterocycles. The second-order valence-corrected chi connectivity index (χ2v) is 8.16. The molecule has 1 N–H and O–H groups in total. The van der Waals surface area contributed by atoms with Crippen LogP contribution in [0.15, 0.2) is 59.1 Å². The molecule has 1 atom stereocenters. The van der Waals surface area contributed by atoms with E-state index in [1.54, 1.807) is 53.5 Å². The number of aromatic nitrogens is 2. The van der Waals surface area contributed by atoms with Gasteiger partial charge in [0.25, 0.3) is 0 Å². The molecule has 0 bridgehead atoms. The molecule has 1 aromatic carbocycles. The number of hydrogen-bond donors (Lipinski definition) is 1. The van der Waals surface area contributed by atoms with E-state index in [0.29, 0.717) is 12.0 Å². The molecule has 0 unspecified atom stereocenters. The van der Waals surface area contributed by atoms with E-state index in [4.69, 9.17) is 0 Å². The predicted octanol–water partition coefficient (Wildman–Crippen LogP) is 3.67. The Bertz CT molecular complexity index is 901. The van der Waals surface area contributed by atoms with Crippen molar-refractivity contribution in [2.45, 2.75) is 31.2 Å². The highest BCUT2D eigenvalue weighted by molar-refractivity contribution is 7.89. The van der Waals surface area contributed by atoms with Crippen molar-refractivity contribution in [1.29, 1.82) is 0 Å². The van der Waals surface area contributed by atoms with Gasteiger partial charge in [-0.1, -0.05) is 19.1 Å². The summed E-state index contributed by atoms with van der Waals surface area (Å²) in [5.41, 5.74) is 1.43. The zero-order chi connectivity index (χ0) is 17.2. The molecule has 0 aliphatic carbocycles. The number of rotatable bonds is 6. The van der Waals surface area contributed by atoms with Crippen molar-refractivity contribution in [3.63, 3.8) is 0 Å². The number of benzene rings is 1. The Balaban J connectivity index is 1.96. The molecule has 126 valence electrons. The molecule has 0 amide bonds. The van der Waals surface area contributed by atoms with Gasteiger partial charge < -0.3 is 0 Å². The summed E-state index contributed by atoms with van der Waals surface area (Å²) in [4.78, 5) is 1.30. The molecule has 0 saturated carbocycles. The summed E-state index contributed by atoms with van der Waals surface area (Å²) >= 11 is 1.56. The second-order valence-electron chi connectivity index (χ2n) is 5.50. The molecule has 3 rings (SSSR count). The topological polar surface area (TPSA) is 64.0 Å². The smallest absolute Gasteiger partial charge is 0.241 e. The Labute approximate surface area is 146 Å². The molecule has 5 nitrogen and oxygen atoms in total. The SMILES string of the molecule is CC[C@@H](NS(=O)(=O)c1cc(-n2cccn2)ccc1C)c1cccs1. The minimum atomic E-state index is -3.63. The van der Waals surface area contributed by atoms with Crippen LogP contribution in [0.25, 0.3) is 5.69 Å². The average molecular weight is 361 g/mol. The summed E-state index contributed by atoms with van der Waals surface area (Å²) in [7, 11) is -3.63. The highest BCUT2D eigenvalue weighted by Gasteiger charge is 2.23. The first-order chi connectivity index (χ1) is 11.5. The highest BCUT2D eigenvalue weighted by atomic mass is 32.2. The molecule has 2 aromatic heterocycles. The molecule has 0 radical (unpaired) electrons. The Morgan fingerprint density at radius 1 is 1.29 bits per heavy atom. The maximum atomic E-state index is 12.9. The third-order valence-corrected chi connectivity index (χ3v) is 6.42. The zero-order valence-electron chi connectivity index (χ0n) is 13.5. The van der Waals surface area contributed by atoms with E-state index in [0.717, 1.165) is 10.6 Å². The van der Waals surface area contributed by atoms with E-state index in [-0.39, 0.29) is 10.9 Å². The summed E-state index contributed by atoms with van der Waals surface area (Å²) < 4.78 is 30.3. The van der Waals surface area contributed by atoms with Gasteiger partial charge in [-0.25, -0.2) is 17.8 Å². The van der Waals surface area contributed by atoms with Crippen molar-refractivity contribution < 1.29 is 8.42 Å². The lowest BCUT2D eigenvalue weighted by atomic mass is 10.2. The van der Waals surface area contributed by atoms with Crippen LogP contribution in [0.4, 0.5) is 0 Å². The second kappa shape index (κ2) is 6.88. The largest absolute Gasteiger partial charge is 0.241 e. The van der Waals surface area contributed by atoms with E-state index < -0.39 is 10.0 Å². The van der Waals surface area contributed by atoms with Crippen LogP contribution in [-0.2, 0) is 10.0 Å². The van der Waals surface area contributed by atoms with Crippen LogP contribution < -0.4 is 4.72 Å². The fourth-order valence-corrected chi connectivity index (χ4v) is 5.02. The predicted molar refractivity (Wildman–Crippen MR) is 96.0 cm³/mol. The Morgan fingerprint density at radius 2 is 2.12 bits per heavy atom. The van der Waals surface area contributed by atoms with E-state index in [1.807, 2.05) is 30.5 Å². The lowest BCUT2D eigenvalue weighted by Gasteiger charge is -2.17. The van der Waals surface area contributed by atoms with Gasteiger partial charge in [0.2, 0.25) is 10.0 Å². The highest BCUT2D eigenvalue weighted by Crippen LogP contribution is 2.26. The van der Waals surface area contributed by atoms with Crippen LogP contribution in [0.1, 0.15) is 29.8 Å². The normalized spacial score (nSPS) is 13.1. The van der Waals surface area contributed by atoms with Gasteiger partial charge in [0.15, 0.2) is 0 Å². The first kappa shape index (κ1) is 16.9. The Kier molecular flexibility index (Phi) is 4.84. The number of sulfonamides is 1. The Morgan fingerprint density at radius 3 is 2.75 bits per heavy atom. The number of thiophene rings is 1. The molecular weight excluding hydrogens is 342 g/mol. The quantitative estimate of drug-likeness (QED) is 0.728. The maximum absolute atomic E-state index is 12.9.